The van der Waals surface area contributed by atoms with Gasteiger partial charge in [-0.15, -0.1) is 0 Å². The van der Waals surface area contributed by atoms with E-state index in [4.69, 9.17) is 14.2 Å². The second kappa shape index (κ2) is 6.68. The average molecular weight is 392 g/mol. The maximum atomic E-state index is 12.9. The minimum absolute atomic E-state index is 0.0114. The maximum Gasteiger partial charge on any atom is 0.339 e. The quantitative estimate of drug-likeness (QED) is 0.422. The molecule has 7 heteroatoms. The Morgan fingerprint density at radius 3 is 2.68 bits per heavy atom. The third-order valence-electron chi connectivity index (χ3n) is 7.16. The van der Waals surface area contributed by atoms with Crippen LogP contribution in [0.15, 0.2) is 24.3 Å². The highest BCUT2D eigenvalue weighted by molar-refractivity contribution is 5.88. The van der Waals surface area contributed by atoms with E-state index in [9.17, 15) is 19.8 Å². The lowest BCUT2D eigenvalue weighted by Crippen LogP contribution is -2.61. The van der Waals surface area contributed by atoms with Gasteiger partial charge >= 0.3 is 11.9 Å². The van der Waals surface area contributed by atoms with Crippen molar-refractivity contribution in [1.29, 1.82) is 0 Å². The van der Waals surface area contributed by atoms with Gasteiger partial charge in [0.05, 0.1) is 30.3 Å². The van der Waals surface area contributed by atoms with Gasteiger partial charge in [-0.05, 0) is 25.2 Å². The van der Waals surface area contributed by atoms with Crippen molar-refractivity contribution in [2.75, 3.05) is 6.61 Å². The zero-order valence-electron chi connectivity index (χ0n) is 16.3. The minimum Gasteiger partial charge on any atom is -0.459 e. The summed E-state index contributed by atoms with van der Waals surface area (Å²) in [4.78, 5) is 25.2. The molecule has 2 saturated carbocycles. The van der Waals surface area contributed by atoms with Crippen LogP contribution in [0.3, 0.4) is 0 Å². The Kier molecular flexibility index (Phi) is 4.68. The van der Waals surface area contributed by atoms with Gasteiger partial charge in [-0.1, -0.05) is 25.7 Å². The summed E-state index contributed by atoms with van der Waals surface area (Å²) in [6.07, 6.45) is -0.329. The molecule has 2 heterocycles. The Hall–Kier alpha value is -1.70. The zero-order chi connectivity index (χ0) is 20.4. The van der Waals surface area contributed by atoms with E-state index in [0.29, 0.717) is 19.3 Å². The first-order valence-electron chi connectivity index (χ1n) is 9.93. The van der Waals surface area contributed by atoms with Gasteiger partial charge in [-0.2, -0.15) is 0 Å². The molecule has 0 bridgehead atoms. The molecule has 0 aromatic heterocycles. The van der Waals surface area contributed by atoms with Crippen LogP contribution >= 0.6 is 0 Å². The van der Waals surface area contributed by atoms with E-state index in [1.807, 2.05) is 13.8 Å². The van der Waals surface area contributed by atoms with Crippen LogP contribution in [0.25, 0.3) is 0 Å². The number of aliphatic hydroxyl groups is 2. The van der Waals surface area contributed by atoms with E-state index in [1.165, 1.54) is 0 Å². The predicted octanol–water partition coefficient (Wildman–Crippen LogP) is 1.13. The Bertz CT molecular complexity index is 722. The van der Waals surface area contributed by atoms with E-state index in [1.54, 1.807) is 0 Å². The van der Waals surface area contributed by atoms with Crippen LogP contribution in [0.5, 0.6) is 0 Å². The molecule has 0 aromatic carbocycles. The Balaban J connectivity index is 1.73. The lowest BCUT2D eigenvalue weighted by molar-refractivity contribution is -0.228. The fourth-order valence-electron chi connectivity index (χ4n) is 5.81. The van der Waals surface area contributed by atoms with Gasteiger partial charge in [0.2, 0.25) is 0 Å². The van der Waals surface area contributed by atoms with Crippen LogP contribution in [0.1, 0.15) is 33.1 Å². The van der Waals surface area contributed by atoms with Gasteiger partial charge < -0.3 is 24.4 Å². The van der Waals surface area contributed by atoms with E-state index in [2.05, 4.69) is 13.2 Å². The zero-order valence-corrected chi connectivity index (χ0v) is 16.3. The van der Waals surface area contributed by atoms with Crippen LogP contribution in [0.2, 0.25) is 0 Å². The number of rotatable bonds is 3. The van der Waals surface area contributed by atoms with E-state index >= 15 is 0 Å². The normalized spacial score (nSPS) is 47.0. The number of esters is 2. The molecule has 9 atom stereocenters. The molecular formula is C21H28O7. The molecule has 0 aromatic rings. The smallest absolute Gasteiger partial charge is 0.339 e. The molecule has 2 saturated heterocycles. The molecule has 2 N–H and O–H groups in total. The summed E-state index contributed by atoms with van der Waals surface area (Å²) < 4.78 is 17.5. The molecule has 0 radical (unpaired) electrons. The molecule has 154 valence electrons. The second-order valence-corrected chi connectivity index (χ2v) is 8.83. The van der Waals surface area contributed by atoms with Crippen LogP contribution in [0.4, 0.5) is 0 Å². The fraction of sp³-hybridized carbons (Fsp3) is 0.714. The number of aliphatic hydroxyl groups excluding tert-OH is 2. The monoisotopic (exact) mass is 392 g/mol. The van der Waals surface area contributed by atoms with Crippen LogP contribution < -0.4 is 0 Å². The minimum atomic E-state index is -1.13. The summed E-state index contributed by atoms with van der Waals surface area (Å²) in [5, 5.41) is 19.7. The van der Waals surface area contributed by atoms with Crippen molar-refractivity contribution < 1.29 is 34.0 Å². The predicted molar refractivity (Wildman–Crippen MR) is 97.9 cm³/mol. The van der Waals surface area contributed by atoms with E-state index in [-0.39, 0.29) is 29.4 Å². The Labute approximate surface area is 164 Å². The van der Waals surface area contributed by atoms with Crippen LogP contribution in [-0.2, 0) is 23.8 Å². The van der Waals surface area contributed by atoms with Crippen LogP contribution in [-0.4, -0.2) is 58.8 Å². The summed E-state index contributed by atoms with van der Waals surface area (Å²) in [6, 6.07) is 0. The number of hydrogen-bond donors (Lipinski definition) is 2. The second-order valence-electron chi connectivity index (χ2n) is 8.83. The summed E-state index contributed by atoms with van der Waals surface area (Å²) in [6.45, 7) is 11.1. The fourth-order valence-corrected chi connectivity index (χ4v) is 5.81. The van der Waals surface area contributed by atoms with Crippen molar-refractivity contribution in [2.24, 2.45) is 23.7 Å². The summed E-state index contributed by atoms with van der Waals surface area (Å²) in [5.41, 5.74) is -0.288. The molecule has 4 rings (SSSR count). The highest BCUT2D eigenvalue weighted by Gasteiger charge is 2.70. The number of carbonyl (C=O) groups excluding carboxylic acids is 2. The van der Waals surface area contributed by atoms with Gasteiger partial charge in [0, 0.05) is 18.8 Å². The largest absolute Gasteiger partial charge is 0.459 e. The number of ether oxygens (including phenoxy) is 3. The topological polar surface area (TPSA) is 102 Å². The summed E-state index contributed by atoms with van der Waals surface area (Å²) in [5.74, 6) is -1.77. The average Bonchev–Trinajstić information content (AvgIpc) is 3.04. The first-order valence-corrected chi connectivity index (χ1v) is 9.93. The molecule has 0 unspecified atom stereocenters. The number of hydrogen-bond acceptors (Lipinski definition) is 7. The van der Waals surface area contributed by atoms with E-state index < -0.39 is 48.4 Å². The molecule has 0 amide bonds. The molecule has 4 aliphatic rings. The van der Waals surface area contributed by atoms with Crippen molar-refractivity contribution in [3.8, 4) is 0 Å². The molecule has 2 aliphatic carbocycles. The third kappa shape index (κ3) is 2.67. The SMILES string of the molecule is C=C(CO)C(=O)O[C@H]1CC(=C)[C@@H]2C[C@H](O)[C@@H](C)[C@@H]2[C@@H]2OC(=O)[C@]3(C[C@@H](C)O3)[C@H]21. The molecule has 28 heavy (non-hydrogen) atoms. The molecule has 7 nitrogen and oxygen atoms in total. The standard InChI is InChI=1S/C21H28O7/c1-9-5-15(26-19(24)10(2)8-22)17-18(16-12(4)14(23)6-13(9)16)27-20(25)21(17)7-11(3)28-21/h11-18,22-23H,1-2,5-8H2,3-4H3/t11-,12-,13+,14+,15+,16+,17+,18+,21+/m1/s1. The number of fused-ring (bicyclic) bond motifs is 4. The van der Waals surface area contributed by atoms with Gasteiger partial charge in [0.15, 0.2) is 5.60 Å². The summed E-state index contributed by atoms with van der Waals surface area (Å²) in [7, 11) is 0. The lowest BCUT2D eigenvalue weighted by Gasteiger charge is -2.46. The maximum absolute atomic E-state index is 12.9. The first-order chi connectivity index (χ1) is 13.2. The molecular weight excluding hydrogens is 364 g/mol. The lowest BCUT2D eigenvalue weighted by atomic mass is 9.71. The molecule has 1 spiro atoms. The van der Waals surface area contributed by atoms with Crippen molar-refractivity contribution >= 4 is 11.9 Å². The van der Waals surface area contributed by atoms with Crippen molar-refractivity contribution in [2.45, 2.75) is 63.1 Å². The molecule has 4 fully saturated rings. The molecule has 2 aliphatic heterocycles. The third-order valence-corrected chi connectivity index (χ3v) is 7.16. The van der Waals surface area contributed by atoms with Gasteiger partial charge in [-0.25, -0.2) is 9.59 Å². The van der Waals surface area contributed by atoms with Crippen molar-refractivity contribution in [3.63, 3.8) is 0 Å². The summed E-state index contributed by atoms with van der Waals surface area (Å²) >= 11 is 0. The highest BCUT2D eigenvalue weighted by Crippen LogP contribution is 2.58. The van der Waals surface area contributed by atoms with Gasteiger partial charge in [0.25, 0.3) is 0 Å². The van der Waals surface area contributed by atoms with Crippen molar-refractivity contribution in [1.82, 2.24) is 0 Å². The Morgan fingerprint density at radius 2 is 2.07 bits per heavy atom. The highest BCUT2D eigenvalue weighted by atomic mass is 16.6. The van der Waals surface area contributed by atoms with Crippen molar-refractivity contribution in [3.05, 3.63) is 24.3 Å². The number of carbonyl (C=O) groups is 2. The Morgan fingerprint density at radius 1 is 1.39 bits per heavy atom. The van der Waals surface area contributed by atoms with Gasteiger partial charge in [-0.3, -0.25) is 0 Å². The first kappa shape index (κ1) is 19.6. The van der Waals surface area contributed by atoms with Gasteiger partial charge in [0.1, 0.15) is 12.2 Å². The van der Waals surface area contributed by atoms with E-state index in [0.717, 1.165) is 5.57 Å². The van der Waals surface area contributed by atoms with Crippen LogP contribution in [0, 0.1) is 23.7 Å².